The molecule has 1 aromatic rings. The van der Waals surface area contributed by atoms with Crippen LogP contribution >= 0.6 is 0 Å². The first-order valence-corrected chi connectivity index (χ1v) is 16.0. The van der Waals surface area contributed by atoms with E-state index in [9.17, 15) is 15.0 Å². The van der Waals surface area contributed by atoms with Crippen LogP contribution in [0.15, 0.2) is 30.3 Å². The molecule has 1 heterocycles. The number of carbonyl (C=O) groups is 1. The molecule has 2 N–H and O–H groups in total. The Morgan fingerprint density at radius 1 is 1.03 bits per heavy atom. The van der Waals surface area contributed by atoms with E-state index >= 15 is 0 Å². The molecule has 6 rings (SSSR count). The number of amides is 1. The number of ether oxygens (including phenoxy) is 1. The minimum absolute atomic E-state index is 0.0261. The molecule has 0 aromatic heterocycles. The first kappa shape index (κ1) is 27.7. The van der Waals surface area contributed by atoms with Crippen molar-refractivity contribution >= 4 is 5.91 Å². The van der Waals surface area contributed by atoms with Gasteiger partial charge in [-0.3, -0.25) is 4.79 Å². The predicted molar refractivity (Wildman–Crippen MR) is 153 cm³/mol. The molecular formula is C34H51NO4. The smallest absolute Gasteiger partial charge is 0.222 e. The molecule has 216 valence electrons. The average Bonchev–Trinajstić information content (AvgIpc) is 3.30. The van der Waals surface area contributed by atoms with E-state index < -0.39 is 0 Å². The molecule has 5 nitrogen and oxygen atoms in total. The van der Waals surface area contributed by atoms with Gasteiger partial charge in [-0.2, -0.15) is 0 Å². The second kappa shape index (κ2) is 10.8. The van der Waals surface area contributed by atoms with Crippen LogP contribution in [0.2, 0.25) is 0 Å². The van der Waals surface area contributed by atoms with Gasteiger partial charge in [0.15, 0.2) is 0 Å². The Kier molecular flexibility index (Phi) is 7.65. The lowest BCUT2D eigenvalue weighted by Gasteiger charge is -2.62. The number of carbonyl (C=O) groups excluding carboxylic acids is 1. The number of aliphatic hydroxyl groups excluding tert-OH is 2. The summed E-state index contributed by atoms with van der Waals surface area (Å²) in [5.74, 6) is 3.46. The Bertz CT molecular complexity index is 1020. The lowest BCUT2D eigenvalue weighted by atomic mass is 9.43. The topological polar surface area (TPSA) is 70.0 Å². The first-order chi connectivity index (χ1) is 18.7. The Balaban J connectivity index is 1.08. The van der Waals surface area contributed by atoms with Gasteiger partial charge in [0.05, 0.1) is 25.4 Å². The van der Waals surface area contributed by atoms with Gasteiger partial charge in [0.1, 0.15) is 6.10 Å². The van der Waals surface area contributed by atoms with Gasteiger partial charge in [-0.15, -0.1) is 0 Å². The summed E-state index contributed by atoms with van der Waals surface area (Å²) in [5, 5.41) is 21.9. The van der Waals surface area contributed by atoms with E-state index in [1.54, 1.807) is 0 Å². The van der Waals surface area contributed by atoms with Gasteiger partial charge in [0.25, 0.3) is 0 Å². The fraction of sp³-hybridized carbons (Fsp3) is 0.794. The normalized spacial score (nSPS) is 44.7. The zero-order chi connectivity index (χ0) is 27.4. The summed E-state index contributed by atoms with van der Waals surface area (Å²) in [4.78, 5) is 15.3. The number of benzene rings is 1. The highest BCUT2D eigenvalue weighted by Crippen LogP contribution is 2.68. The Hall–Kier alpha value is -1.43. The van der Waals surface area contributed by atoms with Gasteiger partial charge in [0.2, 0.25) is 5.91 Å². The maximum atomic E-state index is 13.3. The zero-order valence-electron chi connectivity index (χ0n) is 24.4. The lowest BCUT2D eigenvalue weighted by Crippen LogP contribution is -2.58. The van der Waals surface area contributed by atoms with Crippen molar-refractivity contribution in [2.45, 2.75) is 103 Å². The standard InChI is InChI=1S/C34H51NO4/c1-22(9-12-31(38)35-17-18-39-30(21-35)23-7-5-4-6-8-23)26-10-11-27-32-28(14-16-34(26,27)3)33(2)15-13-25(36)19-24(33)20-29(32)37/h4-8,22,24-30,32,36-37H,9-21H2,1-3H3/t22-,24+,25-,26-,27+,28+,29+,30+,32+,33+,34-/m1/s1. The SMILES string of the molecule is C[C@H](CCC(=O)N1CCO[C@H](c2ccccc2)C1)[C@H]1CC[C@H]2[C@@H]3[C@@H](O)C[C@@H]4C[C@H](O)CC[C@]4(C)[C@H]3CC[C@]12C. The number of hydrogen-bond acceptors (Lipinski definition) is 4. The molecule has 0 bridgehead atoms. The molecule has 1 saturated heterocycles. The van der Waals surface area contributed by atoms with Crippen molar-refractivity contribution in [2.24, 2.45) is 46.3 Å². The van der Waals surface area contributed by atoms with Crippen molar-refractivity contribution in [2.75, 3.05) is 19.7 Å². The molecule has 39 heavy (non-hydrogen) atoms. The van der Waals surface area contributed by atoms with Gasteiger partial charge in [-0.05, 0) is 110 Å². The molecule has 1 amide bonds. The summed E-state index contributed by atoms with van der Waals surface area (Å²) in [6.45, 7) is 9.36. The Morgan fingerprint density at radius 3 is 2.56 bits per heavy atom. The van der Waals surface area contributed by atoms with Crippen molar-refractivity contribution in [3.63, 3.8) is 0 Å². The molecule has 5 aliphatic rings. The van der Waals surface area contributed by atoms with Crippen molar-refractivity contribution in [1.29, 1.82) is 0 Å². The van der Waals surface area contributed by atoms with Gasteiger partial charge in [0, 0.05) is 13.0 Å². The molecule has 4 aliphatic carbocycles. The second-order valence-corrected chi connectivity index (χ2v) is 14.6. The fourth-order valence-electron chi connectivity index (χ4n) is 10.6. The van der Waals surface area contributed by atoms with E-state index in [2.05, 4.69) is 32.9 Å². The number of hydrogen-bond donors (Lipinski definition) is 2. The summed E-state index contributed by atoms with van der Waals surface area (Å²) in [5.41, 5.74) is 1.69. The van der Waals surface area contributed by atoms with Crippen molar-refractivity contribution in [1.82, 2.24) is 4.90 Å². The first-order valence-electron chi connectivity index (χ1n) is 16.0. The van der Waals surface area contributed by atoms with Crippen LogP contribution in [-0.2, 0) is 9.53 Å². The number of aliphatic hydroxyl groups is 2. The molecule has 5 heteroatoms. The third-order valence-corrected chi connectivity index (χ3v) is 12.8. The summed E-state index contributed by atoms with van der Waals surface area (Å²) < 4.78 is 5.99. The fourth-order valence-corrected chi connectivity index (χ4v) is 10.6. The maximum absolute atomic E-state index is 13.3. The van der Waals surface area contributed by atoms with Crippen molar-refractivity contribution < 1.29 is 19.7 Å². The molecule has 5 fully saturated rings. The Morgan fingerprint density at radius 2 is 1.77 bits per heavy atom. The largest absolute Gasteiger partial charge is 0.393 e. The van der Waals surface area contributed by atoms with Gasteiger partial charge in [-0.1, -0.05) is 51.1 Å². The molecule has 0 spiro atoms. The molecule has 4 saturated carbocycles. The van der Waals surface area contributed by atoms with E-state index in [1.165, 1.54) is 25.7 Å². The molecule has 0 radical (unpaired) electrons. The minimum atomic E-state index is -0.225. The predicted octanol–water partition coefficient (Wildman–Crippen LogP) is 5.99. The van der Waals surface area contributed by atoms with Crippen molar-refractivity contribution in [3.05, 3.63) is 35.9 Å². The quantitative estimate of drug-likeness (QED) is 0.484. The van der Waals surface area contributed by atoms with Crippen LogP contribution in [0.1, 0.15) is 96.6 Å². The van der Waals surface area contributed by atoms with Crippen LogP contribution in [0.25, 0.3) is 0 Å². The maximum Gasteiger partial charge on any atom is 0.222 e. The number of rotatable bonds is 5. The van der Waals surface area contributed by atoms with E-state index in [0.29, 0.717) is 61.6 Å². The van der Waals surface area contributed by atoms with Crippen LogP contribution in [0, 0.1) is 46.3 Å². The average molecular weight is 538 g/mol. The van der Waals surface area contributed by atoms with Gasteiger partial charge >= 0.3 is 0 Å². The van der Waals surface area contributed by atoms with Gasteiger partial charge in [-0.25, -0.2) is 0 Å². The van der Waals surface area contributed by atoms with Crippen LogP contribution in [0.5, 0.6) is 0 Å². The highest BCUT2D eigenvalue weighted by Gasteiger charge is 2.62. The van der Waals surface area contributed by atoms with Crippen LogP contribution in [0.4, 0.5) is 0 Å². The summed E-state index contributed by atoms with van der Waals surface area (Å²) in [7, 11) is 0. The summed E-state index contributed by atoms with van der Waals surface area (Å²) >= 11 is 0. The number of fused-ring (bicyclic) bond motifs is 5. The monoisotopic (exact) mass is 537 g/mol. The third-order valence-electron chi connectivity index (χ3n) is 12.8. The second-order valence-electron chi connectivity index (χ2n) is 14.6. The Labute approximate surface area is 235 Å². The molecular weight excluding hydrogens is 486 g/mol. The van der Waals surface area contributed by atoms with E-state index in [0.717, 1.165) is 37.7 Å². The highest BCUT2D eigenvalue weighted by atomic mass is 16.5. The molecule has 0 unspecified atom stereocenters. The molecule has 1 aliphatic heterocycles. The molecule has 1 aromatic carbocycles. The number of nitrogens with zero attached hydrogens (tertiary/aromatic N) is 1. The number of morpholine rings is 1. The van der Waals surface area contributed by atoms with Crippen LogP contribution in [-0.4, -0.2) is 52.9 Å². The van der Waals surface area contributed by atoms with E-state index in [4.69, 9.17) is 4.74 Å². The van der Waals surface area contributed by atoms with E-state index in [-0.39, 0.29) is 35.0 Å². The highest BCUT2D eigenvalue weighted by molar-refractivity contribution is 5.76. The summed E-state index contributed by atoms with van der Waals surface area (Å²) in [6, 6.07) is 10.3. The lowest BCUT2D eigenvalue weighted by molar-refractivity contribution is -0.174. The minimum Gasteiger partial charge on any atom is -0.393 e. The van der Waals surface area contributed by atoms with Crippen LogP contribution in [0.3, 0.4) is 0 Å². The zero-order valence-corrected chi connectivity index (χ0v) is 24.4. The molecule has 11 atom stereocenters. The van der Waals surface area contributed by atoms with Crippen LogP contribution < -0.4 is 0 Å². The van der Waals surface area contributed by atoms with Gasteiger partial charge < -0.3 is 19.8 Å². The van der Waals surface area contributed by atoms with Crippen molar-refractivity contribution in [3.8, 4) is 0 Å². The third kappa shape index (κ3) is 4.89. The summed E-state index contributed by atoms with van der Waals surface area (Å²) in [6.07, 6.45) is 9.87. The van der Waals surface area contributed by atoms with E-state index in [1.807, 2.05) is 23.1 Å².